The van der Waals surface area contributed by atoms with E-state index in [9.17, 15) is 0 Å². The van der Waals surface area contributed by atoms with Crippen molar-refractivity contribution in [2.24, 2.45) is 5.41 Å². The molecule has 2 unspecified atom stereocenters. The van der Waals surface area contributed by atoms with Crippen molar-refractivity contribution in [2.45, 2.75) is 44.4 Å². The van der Waals surface area contributed by atoms with Crippen LogP contribution in [0, 0.1) is 5.41 Å². The first-order valence-electron chi connectivity index (χ1n) is 6.68. The van der Waals surface area contributed by atoms with Crippen molar-refractivity contribution in [1.82, 2.24) is 5.32 Å². The lowest BCUT2D eigenvalue weighted by atomic mass is 9.70. The summed E-state index contributed by atoms with van der Waals surface area (Å²) in [5.74, 6) is 2.30. The van der Waals surface area contributed by atoms with Gasteiger partial charge in [0.05, 0.1) is 6.61 Å². The molecule has 3 fully saturated rings. The quantitative estimate of drug-likeness (QED) is 0.719. The molecule has 3 nitrogen and oxygen atoms in total. The monoisotopic (exact) mass is 257 g/mol. The minimum Gasteiger partial charge on any atom is -0.378 e. The van der Waals surface area contributed by atoms with Gasteiger partial charge < -0.3 is 9.47 Å². The van der Waals surface area contributed by atoms with Gasteiger partial charge >= 0.3 is 0 Å². The normalized spacial score (nSPS) is 45.5. The van der Waals surface area contributed by atoms with Gasteiger partial charge in [0.1, 0.15) is 11.3 Å². The summed E-state index contributed by atoms with van der Waals surface area (Å²) in [4.78, 5) is 0. The Morgan fingerprint density at radius 1 is 1.24 bits per heavy atom. The van der Waals surface area contributed by atoms with E-state index in [4.69, 9.17) is 9.47 Å². The zero-order chi connectivity index (χ0) is 12.0. The number of rotatable bonds is 0. The van der Waals surface area contributed by atoms with Crippen molar-refractivity contribution in [1.29, 1.82) is 0 Å². The number of thioether (sulfide) groups is 1. The highest BCUT2D eigenvalue weighted by Crippen LogP contribution is 2.48. The number of nitrogens with one attached hydrogen (secondary N) is 1. The smallest absolute Gasteiger partial charge is 0.130 e. The first-order valence-corrected chi connectivity index (χ1v) is 7.84. The highest BCUT2D eigenvalue weighted by Gasteiger charge is 2.56. The molecule has 3 aliphatic heterocycles. The van der Waals surface area contributed by atoms with Crippen molar-refractivity contribution in [3.8, 4) is 0 Å². The van der Waals surface area contributed by atoms with E-state index in [2.05, 4.69) is 19.2 Å². The molecule has 3 rings (SSSR count). The molecule has 17 heavy (non-hydrogen) atoms. The molecule has 0 aromatic carbocycles. The molecule has 0 amide bonds. The highest BCUT2D eigenvalue weighted by molar-refractivity contribution is 7.99. The Kier molecular flexibility index (Phi) is 2.97. The second-order valence-corrected chi connectivity index (χ2v) is 7.39. The first-order chi connectivity index (χ1) is 8.08. The Morgan fingerprint density at radius 3 is 2.76 bits per heavy atom. The van der Waals surface area contributed by atoms with Crippen LogP contribution in [-0.2, 0) is 9.47 Å². The van der Waals surface area contributed by atoms with Crippen LogP contribution in [0.2, 0.25) is 0 Å². The molecule has 3 saturated heterocycles. The van der Waals surface area contributed by atoms with Gasteiger partial charge in [-0.25, -0.2) is 0 Å². The molecule has 0 aromatic rings. The van der Waals surface area contributed by atoms with Crippen molar-refractivity contribution >= 4 is 11.8 Å². The van der Waals surface area contributed by atoms with Crippen LogP contribution in [0.1, 0.15) is 33.1 Å². The van der Waals surface area contributed by atoms with Crippen molar-refractivity contribution in [3.63, 3.8) is 0 Å². The third kappa shape index (κ3) is 1.93. The fourth-order valence-electron chi connectivity index (χ4n) is 3.24. The predicted molar refractivity (Wildman–Crippen MR) is 70.3 cm³/mol. The van der Waals surface area contributed by atoms with E-state index >= 15 is 0 Å². The topological polar surface area (TPSA) is 30.5 Å². The fraction of sp³-hybridized carbons (Fsp3) is 1.00. The van der Waals surface area contributed by atoms with Crippen LogP contribution in [0.25, 0.3) is 0 Å². The Labute approximate surface area is 108 Å². The van der Waals surface area contributed by atoms with Crippen molar-refractivity contribution in [2.75, 3.05) is 31.3 Å². The zero-order valence-corrected chi connectivity index (χ0v) is 11.7. The van der Waals surface area contributed by atoms with E-state index in [-0.39, 0.29) is 16.7 Å². The molecular formula is C13H23NO2S. The fourth-order valence-corrected chi connectivity index (χ4v) is 4.49. The second-order valence-electron chi connectivity index (χ2n) is 6.29. The molecule has 0 aliphatic carbocycles. The minimum absolute atomic E-state index is 0.0681. The summed E-state index contributed by atoms with van der Waals surface area (Å²) >= 11 is 2.00. The summed E-state index contributed by atoms with van der Waals surface area (Å²) in [5.41, 5.74) is 0.0220. The second kappa shape index (κ2) is 4.12. The zero-order valence-electron chi connectivity index (χ0n) is 10.9. The molecule has 0 radical (unpaired) electrons. The van der Waals surface area contributed by atoms with Gasteiger partial charge in [0.25, 0.3) is 0 Å². The molecule has 1 N–H and O–H groups in total. The van der Waals surface area contributed by atoms with E-state index in [1.54, 1.807) is 0 Å². The third-order valence-electron chi connectivity index (χ3n) is 4.67. The average Bonchev–Trinajstić information content (AvgIpc) is 2.75. The molecular weight excluding hydrogens is 234 g/mol. The summed E-state index contributed by atoms with van der Waals surface area (Å²) in [7, 11) is 0. The van der Waals surface area contributed by atoms with E-state index < -0.39 is 0 Å². The Balaban J connectivity index is 1.86. The minimum atomic E-state index is -0.0686. The largest absolute Gasteiger partial charge is 0.378 e. The van der Waals surface area contributed by atoms with E-state index in [1.807, 2.05) is 11.8 Å². The molecule has 98 valence electrons. The Bertz CT molecular complexity index is 294. The number of ether oxygens (including phenoxy) is 2. The third-order valence-corrected chi connectivity index (χ3v) is 5.83. The molecule has 0 aromatic heterocycles. The molecule has 3 heterocycles. The molecule has 3 aliphatic rings. The van der Waals surface area contributed by atoms with Crippen LogP contribution >= 0.6 is 11.8 Å². The SMILES string of the molecule is CC1(C)CNC2(CCSC2)OC12CCCOC2. The molecule has 2 spiro atoms. The van der Waals surface area contributed by atoms with Crippen LogP contribution in [-0.4, -0.2) is 42.6 Å². The van der Waals surface area contributed by atoms with Crippen molar-refractivity contribution in [3.05, 3.63) is 0 Å². The first kappa shape index (κ1) is 12.3. The lowest BCUT2D eigenvalue weighted by Crippen LogP contribution is -2.69. The van der Waals surface area contributed by atoms with Crippen LogP contribution in [0.15, 0.2) is 0 Å². The summed E-state index contributed by atoms with van der Waals surface area (Å²) in [6, 6.07) is 0. The molecule has 0 saturated carbocycles. The van der Waals surface area contributed by atoms with Gasteiger partial charge in [-0.1, -0.05) is 13.8 Å². The van der Waals surface area contributed by atoms with Gasteiger partial charge in [-0.2, -0.15) is 11.8 Å². The summed E-state index contributed by atoms with van der Waals surface area (Å²) in [6.07, 6.45) is 3.41. The molecule has 0 bridgehead atoms. The van der Waals surface area contributed by atoms with Gasteiger partial charge in [0, 0.05) is 24.3 Å². The summed E-state index contributed by atoms with van der Waals surface area (Å²) in [6.45, 7) is 7.33. The summed E-state index contributed by atoms with van der Waals surface area (Å²) < 4.78 is 12.4. The molecule has 4 heteroatoms. The number of hydrogen-bond donors (Lipinski definition) is 1. The van der Waals surface area contributed by atoms with Gasteiger partial charge in [-0.05, 0) is 25.0 Å². The standard InChI is InChI=1S/C13H23NO2S/c1-11(2)8-14-13(5-7-17-10-13)16-12(11)4-3-6-15-9-12/h14H,3-10H2,1-2H3. The maximum Gasteiger partial charge on any atom is 0.130 e. The van der Waals surface area contributed by atoms with Crippen LogP contribution < -0.4 is 5.32 Å². The van der Waals surface area contributed by atoms with Gasteiger partial charge in [-0.15, -0.1) is 0 Å². The van der Waals surface area contributed by atoms with E-state index in [1.165, 1.54) is 5.75 Å². The van der Waals surface area contributed by atoms with E-state index in [0.29, 0.717) is 0 Å². The Morgan fingerprint density at radius 2 is 2.12 bits per heavy atom. The highest BCUT2D eigenvalue weighted by atomic mass is 32.2. The van der Waals surface area contributed by atoms with Gasteiger partial charge in [-0.3, -0.25) is 5.32 Å². The van der Waals surface area contributed by atoms with E-state index in [0.717, 1.165) is 44.8 Å². The van der Waals surface area contributed by atoms with Crippen LogP contribution in [0.5, 0.6) is 0 Å². The maximum absolute atomic E-state index is 6.62. The van der Waals surface area contributed by atoms with Crippen molar-refractivity contribution < 1.29 is 9.47 Å². The van der Waals surface area contributed by atoms with Gasteiger partial charge in [0.2, 0.25) is 0 Å². The number of hydrogen-bond acceptors (Lipinski definition) is 4. The van der Waals surface area contributed by atoms with Crippen LogP contribution in [0.3, 0.4) is 0 Å². The van der Waals surface area contributed by atoms with Gasteiger partial charge in [0.15, 0.2) is 0 Å². The molecule has 2 atom stereocenters. The average molecular weight is 257 g/mol. The lowest BCUT2D eigenvalue weighted by molar-refractivity contribution is -0.274. The predicted octanol–water partition coefficient (Wildman–Crippen LogP) is 2.01. The van der Waals surface area contributed by atoms with Crippen LogP contribution in [0.4, 0.5) is 0 Å². The Hall–Kier alpha value is 0.230. The summed E-state index contributed by atoms with van der Waals surface area (Å²) in [5, 5.41) is 3.66. The maximum atomic E-state index is 6.62. The lowest BCUT2D eigenvalue weighted by Gasteiger charge is -2.57.